The van der Waals surface area contributed by atoms with Crippen molar-refractivity contribution in [3.05, 3.63) is 0 Å². The molecule has 0 saturated heterocycles. The first-order valence-electron chi connectivity index (χ1n) is 1.94. The summed E-state index contributed by atoms with van der Waals surface area (Å²) in [5.74, 6) is -0.179. The molecule has 0 fully saturated rings. The van der Waals surface area contributed by atoms with Crippen molar-refractivity contribution in [2.75, 3.05) is 0 Å². The number of amides is 1. The molecule has 0 aromatic rings. The predicted molar refractivity (Wildman–Crippen MR) is 28.6 cm³/mol. The minimum atomic E-state index is -0.179. The van der Waals surface area contributed by atoms with Crippen molar-refractivity contribution in [3.8, 4) is 0 Å². The topological polar surface area (TPSA) is 43.1 Å². The van der Waals surface area contributed by atoms with Gasteiger partial charge in [-0.25, -0.2) is 0 Å². The zero-order valence-electron chi connectivity index (χ0n) is 4.06. The van der Waals surface area contributed by atoms with Crippen LogP contribution in [0.25, 0.3) is 0 Å². The Morgan fingerprint density at radius 2 is 2.17 bits per heavy atom. The Labute approximate surface area is 40.1 Å². The maximum Gasteiger partial charge on any atom is 0.216 e. The maximum absolute atomic E-state index is 9.96. The first-order valence-corrected chi connectivity index (χ1v) is 3.09. The molecule has 36 valence electrons. The molecule has 0 aliphatic rings. The monoisotopic (exact) mass is 103 g/mol. The normalized spacial score (nSPS) is 14.2. The van der Waals surface area contributed by atoms with Crippen molar-refractivity contribution in [1.82, 2.24) is 0 Å². The third-order valence-corrected chi connectivity index (χ3v) is 1.14. The van der Waals surface area contributed by atoms with Crippen LogP contribution in [-0.2, 0) is 4.79 Å². The van der Waals surface area contributed by atoms with E-state index in [1.165, 1.54) is 0 Å². The van der Waals surface area contributed by atoms with E-state index >= 15 is 0 Å². The lowest BCUT2D eigenvalue weighted by atomic mass is 10.5. The molecule has 3 heteroatoms. The van der Waals surface area contributed by atoms with Crippen molar-refractivity contribution in [2.45, 2.75) is 12.5 Å². The fraction of sp³-hybridized carbons (Fsp3) is 0.667. The fourth-order valence-corrected chi connectivity index (χ4v) is 0. The van der Waals surface area contributed by atoms with Crippen LogP contribution in [0, 0.1) is 0 Å². The van der Waals surface area contributed by atoms with Crippen LogP contribution in [0.1, 0.15) is 6.92 Å². The van der Waals surface area contributed by atoms with Crippen LogP contribution in [0.5, 0.6) is 0 Å². The molecule has 1 amide bonds. The molecule has 0 bridgehead atoms. The molecule has 0 aromatic heterocycles. The van der Waals surface area contributed by atoms with E-state index in [4.69, 9.17) is 5.73 Å². The van der Waals surface area contributed by atoms with Crippen molar-refractivity contribution in [3.63, 3.8) is 0 Å². The first-order chi connectivity index (χ1) is 2.64. The van der Waals surface area contributed by atoms with E-state index in [-0.39, 0.29) is 11.4 Å². The Morgan fingerprint density at radius 3 is 2.17 bits per heavy atom. The van der Waals surface area contributed by atoms with Gasteiger partial charge in [-0.1, -0.05) is 6.92 Å². The smallest absolute Gasteiger partial charge is 0.216 e. The second-order valence-corrected chi connectivity index (χ2v) is 3.29. The van der Waals surface area contributed by atoms with Crippen molar-refractivity contribution >= 4 is 16.1 Å². The van der Waals surface area contributed by atoms with Gasteiger partial charge in [0.25, 0.3) is 0 Å². The fourth-order valence-electron chi connectivity index (χ4n) is 0. The second-order valence-electron chi connectivity index (χ2n) is 1.56. The quantitative estimate of drug-likeness (QED) is 0.409. The van der Waals surface area contributed by atoms with Gasteiger partial charge in [0, 0.05) is 15.8 Å². The SMILES string of the molecule is CC([SiH3])C(N)=O. The van der Waals surface area contributed by atoms with Crippen molar-refractivity contribution < 1.29 is 4.79 Å². The highest BCUT2D eigenvalue weighted by molar-refractivity contribution is 6.22. The van der Waals surface area contributed by atoms with Crippen molar-refractivity contribution in [2.24, 2.45) is 5.73 Å². The van der Waals surface area contributed by atoms with Crippen LogP contribution in [0.2, 0.25) is 5.54 Å². The van der Waals surface area contributed by atoms with E-state index in [9.17, 15) is 4.79 Å². The summed E-state index contributed by atoms with van der Waals surface area (Å²) >= 11 is 0. The van der Waals surface area contributed by atoms with Crippen LogP contribution >= 0.6 is 0 Å². The van der Waals surface area contributed by atoms with E-state index in [2.05, 4.69) is 0 Å². The summed E-state index contributed by atoms with van der Waals surface area (Å²) in [6.07, 6.45) is 0. The molecule has 0 aliphatic carbocycles. The molecule has 6 heavy (non-hydrogen) atoms. The van der Waals surface area contributed by atoms with E-state index in [0.29, 0.717) is 0 Å². The molecule has 0 radical (unpaired) electrons. The summed E-state index contributed by atoms with van der Waals surface area (Å²) in [5.41, 5.74) is 4.96. The number of hydrogen-bond donors (Lipinski definition) is 1. The van der Waals surface area contributed by atoms with Gasteiger partial charge in [-0.05, 0) is 0 Å². The number of carbonyl (C=O) groups excluding carboxylic acids is 1. The van der Waals surface area contributed by atoms with Gasteiger partial charge in [-0.2, -0.15) is 0 Å². The largest absolute Gasteiger partial charge is 0.370 e. The second kappa shape index (κ2) is 1.97. The first kappa shape index (κ1) is 5.69. The van der Waals surface area contributed by atoms with Gasteiger partial charge in [-0.15, -0.1) is 0 Å². The Kier molecular flexibility index (Phi) is 1.87. The van der Waals surface area contributed by atoms with E-state index in [0.717, 1.165) is 10.2 Å². The van der Waals surface area contributed by atoms with E-state index in [1.807, 2.05) is 6.92 Å². The van der Waals surface area contributed by atoms with Gasteiger partial charge in [0.2, 0.25) is 5.91 Å². The molecular weight excluding hydrogens is 94.1 g/mol. The number of carbonyl (C=O) groups is 1. The molecule has 2 nitrogen and oxygen atoms in total. The minimum absolute atomic E-state index is 0.130. The van der Waals surface area contributed by atoms with Gasteiger partial charge in [0.05, 0.1) is 0 Å². The lowest BCUT2D eigenvalue weighted by Crippen LogP contribution is -2.15. The summed E-state index contributed by atoms with van der Waals surface area (Å²) in [6, 6.07) is 0. The minimum Gasteiger partial charge on any atom is -0.370 e. The van der Waals surface area contributed by atoms with Crippen LogP contribution in [0.3, 0.4) is 0 Å². The number of nitrogens with two attached hydrogens (primary N) is 1. The van der Waals surface area contributed by atoms with Crippen LogP contribution in [0.15, 0.2) is 0 Å². The Hall–Kier alpha value is -0.313. The Bertz CT molecular complexity index is 61.8. The molecular formula is C3H9NOSi. The highest BCUT2D eigenvalue weighted by atomic mass is 28.1. The third kappa shape index (κ3) is 1.96. The van der Waals surface area contributed by atoms with Gasteiger partial charge in [0.15, 0.2) is 0 Å². The number of primary amides is 1. The Balaban J connectivity index is 3.26. The average Bonchev–Trinajstić information content (AvgIpc) is 1.36. The zero-order valence-corrected chi connectivity index (χ0v) is 6.06. The van der Waals surface area contributed by atoms with E-state index < -0.39 is 0 Å². The van der Waals surface area contributed by atoms with Crippen molar-refractivity contribution in [1.29, 1.82) is 0 Å². The number of hydrogen-bond acceptors (Lipinski definition) is 1. The van der Waals surface area contributed by atoms with Gasteiger partial charge < -0.3 is 5.73 Å². The van der Waals surface area contributed by atoms with Crippen LogP contribution < -0.4 is 5.73 Å². The number of rotatable bonds is 1. The van der Waals surface area contributed by atoms with Gasteiger partial charge >= 0.3 is 0 Å². The van der Waals surface area contributed by atoms with Gasteiger partial charge in [-0.3, -0.25) is 4.79 Å². The molecule has 0 rings (SSSR count). The van der Waals surface area contributed by atoms with Gasteiger partial charge in [0.1, 0.15) is 0 Å². The molecule has 0 saturated carbocycles. The molecule has 0 spiro atoms. The molecule has 0 heterocycles. The molecule has 0 aromatic carbocycles. The van der Waals surface area contributed by atoms with Crippen LogP contribution in [0.4, 0.5) is 0 Å². The lowest BCUT2D eigenvalue weighted by molar-refractivity contribution is -0.117. The van der Waals surface area contributed by atoms with E-state index in [1.54, 1.807) is 0 Å². The summed E-state index contributed by atoms with van der Waals surface area (Å²) < 4.78 is 0. The Morgan fingerprint density at radius 1 is 2.00 bits per heavy atom. The van der Waals surface area contributed by atoms with Crippen LogP contribution in [-0.4, -0.2) is 16.1 Å². The molecule has 0 aliphatic heterocycles. The predicted octanol–water partition coefficient (Wildman–Crippen LogP) is -1.35. The maximum atomic E-state index is 9.96. The average molecular weight is 103 g/mol. The summed E-state index contributed by atoms with van der Waals surface area (Å²) in [6.45, 7) is 1.83. The summed E-state index contributed by atoms with van der Waals surface area (Å²) in [4.78, 5) is 9.96. The standard InChI is InChI=1S/C3H9NOSi/c1-2(6)3(4)5/h2H,1,6H3,(H2,4,5). The zero-order chi connectivity index (χ0) is 5.15. The molecule has 1 atom stereocenters. The molecule has 2 N–H and O–H groups in total. The highest BCUT2D eigenvalue weighted by Gasteiger charge is 1.96. The summed E-state index contributed by atoms with van der Waals surface area (Å²) in [7, 11) is 0.879. The lowest BCUT2D eigenvalue weighted by Gasteiger charge is -1.90. The third-order valence-electron chi connectivity index (χ3n) is 0.569. The highest BCUT2D eigenvalue weighted by Crippen LogP contribution is 1.88. The molecule has 1 unspecified atom stereocenters. The summed E-state index contributed by atoms with van der Waals surface area (Å²) in [5, 5.41) is 0.